The molecular formula is C13H19BrN2OS. The van der Waals surface area contributed by atoms with Crippen molar-refractivity contribution in [3.8, 4) is 0 Å². The van der Waals surface area contributed by atoms with Crippen molar-refractivity contribution in [2.24, 2.45) is 5.73 Å². The maximum atomic E-state index is 11.4. The van der Waals surface area contributed by atoms with E-state index in [1.807, 2.05) is 12.1 Å². The average molecular weight is 331 g/mol. The zero-order valence-electron chi connectivity index (χ0n) is 10.9. The topological polar surface area (TPSA) is 55.1 Å². The molecule has 5 heteroatoms. The van der Waals surface area contributed by atoms with Crippen molar-refractivity contribution >= 4 is 33.6 Å². The Bertz CT molecular complexity index is 404. The van der Waals surface area contributed by atoms with Crippen LogP contribution < -0.4 is 11.1 Å². The van der Waals surface area contributed by atoms with Crippen LogP contribution in [-0.2, 0) is 4.79 Å². The van der Waals surface area contributed by atoms with Gasteiger partial charge in [0.25, 0.3) is 0 Å². The molecule has 1 aromatic rings. The minimum absolute atomic E-state index is 0.0711. The van der Waals surface area contributed by atoms with E-state index in [0.717, 1.165) is 4.47 Å². The molecule has 18 heavy (non-hydrogen) atoms. The molecule has 0 saturated carbocycles. The minimum Gasteiger partial charge on any atom is -0.353 e. The van der Waals surface area contributed by atoms with E-state index in [1.165, 1.54) is 4.90 Å². The Morgan fingerprint density at radius 3 is 2.50 bits per heavy atom. The van der Waals surface area contributed by atoms with Crippen molar-refractivity contribution in [1.29, 1.82) is 0 Å². The average Bonchev–Trinajstić information content (AvgIpc) is 2.29. The van der Waals surface area contributed by atoms with E-state index in [-0.39, 0.29) is 10.7 Å². The van der Waals surface area contributed by atoms with E-state index in [2.05, 4.69) is 47.2 Å². The number of nitrogens with two attached hydrogens (primary N) is 1. The number of hydrogen-bond donors (Lipinski definition) is 2. The largest absolute Gasteiger partial charge is 0.353 e. The second kappa shape index (κ2) is 6.59. The SMILES string of the molecule is C[C@@H](N)C(=O)NCC(C)(C)Sc1ccc(Br)cc1. The summed E-state index contributed by atoms with van der Waals surface area (Å²) in [5.74, 6) is -0.112. The molecule has 1 aromatic carbocycles. The molecule has 0 radical (unpaired) electrons. The van der Waals surface area contributed by atoms with E-state index in [9.17, 15) is 4.79 Å². The first-order valence-electron chi connectivity index (χ1n) is 5.78. The van der Waals surface area contributed by atoms with Crippen LogP contribution in [-0.4, -0.2) is 23.2 Å². The van der Waals surface area contributed by atoms with E-state index in [4.69, 9.17) is 5.73 Å². The fraction of sp³-hybridized carbons (Fsp3) is 0.462. The standard InChI is InChI=1S/C13H19BrN2OS/c1-9(15)12(17)16-8-13(2,3)18-11-6-4-10(14)5-7-11/h4-7,9H,8,15H2,1-3H3,(H,16,17)/t9-/m1/s1. The number of benzene rings is 1. The summed E-state index contributed by atoms with van der Waals surface area (Å²) in [6.45, 7) is 6.47. The molecule has 0 aliphatic rings. The number of hydrogen-bond acceptors (Lipinski definition) is 3. The Morgan fingerprint density at radius 1 is 1.44 bits per heavy atom. The van der Waals surface area contributed by atoms with Crippen molar-refractivity contribution in [2.75, 3.05) is 6.54 Å². The van der Waals surface area contributed by atoms with Crippen LogP contribution in [0.5, 0.6) is 0 Å². The van der Waals surface area contributed by atoms with Gasteiger partial charge < -0.3 is 11.1 Å². The van der Waals surface area contributed by atoms with E-state index in [1.54, 1.807) is 18.7 Å². The predicted molar refractivity (Wildman–Crippen MR) is 80.7 cm³/mol. The summed E-state index contributed by atoms with van der Waals surface area (Å²) < 4.78 is 0.994. The van der Waals surface area contributed by atoms with Gasteiger partial charge in [-0.15, -0.1) is 11.8 Å². The Balaban J connectivity index is 2.53. The van der Waals surface area contributed by atoms with Crippen LogP contribution in [0, 0.1) is 0 Å². The normalized spacial score (nSPS) is 13.2. The monoisotopic (exact) mass is 330 g/mol. The molecule has 3 N–H and O–H groups in total. The third-order valence-electron chi connectivity index (χ3n) is 2.31. The first kappa shape index (κ1) is 15.5. The third kappa shape index (κ3) is 5.42. The van der Waals surface area contributed by atoms with Crippen LogP contribution in [0.3, 0.4) is 0 Å². The van der Waals surface area contributed by atoms with E-state index >= 15 is 0 Å². The van der Waals surface area contributed by atoms with Gasteiger partial charge in [-0.1, -0.05) is 15.9 Å². The van der Waals surface area contributed by atoms with E-state index in [0.29, 0.717) is 6.54 Å². The molecule has 0 aromatic heterocycles. The van der Waals surface area contributed by atoms with Gasteiger partial charge in [-0.05, 0) is 45.0 Å². The van der Waals surface area contributed by atoms with Crippen molar-refractivity contribution in [3.05, 3.63) is 28.7 Å². The molecule has 0 bridgehead atoms. The van der Waals surface area contributed by atoms with Gasteiger partial charge in [-0.3, -0.25) is 4.79 Å². The quantitative estimate of drug-likeness (QED) is 0.816. The molecule has 1 rings (SSSR count). The molecule has 0 unspecified atom stereocenters. The fourth-order valence-corrected chi connectivity index (χ4v) is 2.64. The second-order valence-electron chi connectivity index (χ2n) is 4.82. The number of nitrogens with one attached hydrogen (secondary N) is 1. The van der Waals surface area contributed by atoms with Crippen molar-refractivity contribution in [1.82, 2.24) is 5.32 Å². The smallest absolute Gasteiger partial charge is 0.236 e. The summed E-state index contributed by atoms with van der Waals surface area (Å²) in [6.07, 6.45) is 0. The Hall–Kier alpha value is -0.520. The van der Waals surface area contributed by atoms with Gasteiger partial charge >= 0.3 is 0 Å². The molecule has 100 valence electrons. The number of carbonyl (C=O) groups excluding carboxylic acids is 1. The number of amides is 1. The molecule has 0 heterocycles. The fourth-order valence-electron chi connectivity index (χ4n) is 1.32. The lowest BCUT2D eigenvalue weighted by atomic mass is 10.2. The third-order valence-corrected chi connectivity index (χ3v) is 4.04. The molecule has 1 amide bonds. The van der Waals surface area contributed by atoms with Crippen LogP contribution in [0.4, 0.5) is 0 Å². The van der Waals surface area contributed by atoms with Crippen LogP contribution >= 0.6 is 27.7 Å². The van der Waals surface area contributed by atoms with Gasteiger partial charge in [0.05, 0.1) is 6.04 Å². The van der Waals surface area contributed by atoms with Gasteiger partial charge in [0.1, 0.15) is 0 Å². The highest BCUT2D eigenvalue weighted by molar-refractivity contribution is 9.10. The van der Waals surface area contributed by atoms with Gasteiger partial charge in [0.2, 0.25) is 5.91 Å². The second-order valence-corrected chi connectivity index (χ2v) is 7.52. The predicted octanol–water partition coefficient (Wildman–Crippen LogP) is 2.78. The number of carbonyl (C=O) groups is 1. The van der Waals surface area contributed by atoms with Crippen LogP contribution in [0.25, 0.3) is 0 Å². The maximum Gasteiger partial charge on any atom is 0.236 e. The van der Waals surface area contributed by atoms with Crippen LogP contribution in [0.2, 0.25) is 0 Å². The summed E-state index contributed by atoms with van der Waals surface area (Å²) in [5.41, 5.74) is 5.51. The van der Waals surface area contributed by atoms with Crippen molar-refractivity contribution < 1.29 is 4.79 Å². The Kier molecular flexibility index (Phi) is 5.69. The highest BCUT2D eigenvalue weighted by Gasteiger charge is 2.21. The Labute approximate surface area is 121 Å². The lowest BCUT2D eigenvalue weighted by Crippen LogP contribution is -2.43. The summed E-state index contributed by atoms with van der Waals surface area (Å²) in [4.78, 5) is 12.6. The molecule has 0 saturated heterocycles. The zero-order chi connectivity index (χ0) is 13.8. The van der Waals surface area contributed by atoms with Crippen LogP contribution in [0.15, 0.2) is 33.6 Å². The van der Waals surface area contributed by atoms with Crippen molar-refractivity contribution in [2.45, 2.75) is 36.5 Å². The first-order chi connectivity index (χ1) is 8.30. The number of halogens is 1. The zero-order valence-corrected chi connectivity index (χ0v) is 13.3. The molecule has 0 aliphatic carbocycles. The first-order valence-corrected chi connectivity index (χ1v) is 7.39. The van der Waals surface area contributed by atoms with Crippen molar-refractivity contribution in [3.63, 3.8) is 0 Å². The minimum atomic E-state index is -0.460. The molecule has 0 fully saturated rings. The van der Waals surface area contributed by atoms with Gasteiger partial charge in [0.15, 0.2) is 0 Å². The highest BCUT2D eigenvalue weighted by Crippen LogP contribution is 2.32. The highest BCUT2D eigenvalue weighted by atomic mass is 79.9. The Morgan fingerprint density at radius 2 is 2.00 bits per heavy atom. The lowest BCUT2D eigenvalue weighted by Gasteiger charge is -2.25. The number of thioether (sulfide) groups is 1. The maximum absolute atomic E-state index is 11.4. The van der Waals surface area contributed by atoms with Crippen LogP contribution in [0.1, 0.15) is 20.8 Å². The summed E-state index contributed by atoms with van der Waals surface area (Å²) in [5, 5.41) is 2.86. The lowest BCUT2D eigenvalue weighted by molar-refractivity contribution is -0.122. The van der Waals surface area contributed by atoms with Gasteiger partial charge in [0, 0.05) is 20.7 Å². The molecular weight excluding hydrogens is 312 g/mol. The van der Waals surface area contributed by atoms with Gasteiger partial charge in [-0.2, -0.15) is 0 Å². The molecule has 0 aliphatic heterocycles. The molecule has 0 spiro atoms. The number of rotatable bonds is 5. The molecule has 3 nitrogen and oxygen atoms in total. The summed E-state index contributed by atoms with van der Waals surface area (Å²) in [7, 11) is 0. The summed E-state index contributed by atoms with van der Waals surface area (Å²) >= 11 is 5.14. The summed E-state index contributed by atoms with van der Waals surface area (Å²) in [6, 6.07) is 7.68. The van der Waals surface area contributed by atoms with Gasteiger partial charge in [-0.25, -0.2) is 0 Å². The molecule has 1 atom stereocenters. The van der Waals surface area contributed by atoms with E-state index < -0.39 is 6.04 Å².